The summed E-state index contributed by atoms with van der Waals surface area (Å²) in [6.45, 7) is 5.59. The van der Waals surface area contributed by atoms with Crippen molar-refractivity contribution in [2.75, 3.05) is 31.6 Å². The number of rotatable bonds is 6. The van der Waals surface area contributed by atoms with Crippen LogP contribution in [0, 0.1) is 6.92 Å². The largest absolute Gasteiger partial charge is 0.435 e. The molecule has 1 saturated heterocycles. The van der Waals surface area contributed by atoms with Crippen molar-refractivity contribution in [2.45, 2.75) is 32.6 Å². The van der Waals surface area contributed by atoms with Crippen molar-refractivity contribution in [3.05, 3.63) is 47.3 Å². The minimum atomic E-state index is -4.49. The van der Waals surface area contributed by atoms with Gasteiger partial charge in [0.05, 0.1) is 13.2 Å². The molecule has 152 valence electrons. The van der Waals surface area contributed by atoms with Crippen LogP contribution >= 0.6 is 0 Å². The number of amides is 1. The molecule has 0 atom stereocenters. The first-order valence-electron chi connectivity index (χ1n) is 9.12. The molecule has 1 aliphatic heterocycles. The highest BCUT2D eigenvalue weighted by atomic mass is 19.4. The second kappa shape index (κ2) is 8.74. The lowest BCUT2D eigenvalue weighted by molar-refractivity contribution is -0.141. The maximum Gasteiger partial charge on any atom is 0.435 e. The van der Waals surface area contributed by atoms with Gasteiger partial charge in [-0.1, -0.05) is 12.1 Å². The molecule has 0 saturated carbocycles. The number of carbonyl (C=O) groups excluding carboxylic acids is 1. The fraction of sp³-hybridized carbons (Fsp3) is 0.474. The highest BCUT2D eigenvalue weighted by Crippen LogP contribution is 2.28. The van der Waals surface area contributed by atoms with Crippen LogP contribution < -0.4 is 5.32 Å². The molecular weight excluding hydrogens is 373 g/mol. The van der Waals surface area contributed by atoms with Gasteiger partial charge in [0, 0.05) is 44.0 Å². The SMILES string of the molecule is Cc1cc(C(F)(F)F)nn1CCC(=O)Nc1cccc(CN2CCOCC2)c1. The first-order valence-corrected chi connectivity index (χ1v) is 9.12. The van der Waals surface area contributed by atoms with E-state index in [-0.39, 0.29) is 18.9 Å². The van der Waals surface area contributed by atoms with Crippen LogP contribution in [0.4, 0.5) is 18.9 Å². The molecule has 1 aromatic carbocycles. The molecule has 6 nitrogen and oxygen atoms in total. The van der Waals surface area contributed by atoms with Crippen molar-refractivity contribution in [2.24, 2.45) is 0 Å². The predicted octanol–water partition coefficient (Wildman–Crippen LogP) is 3.07. The van der Waals surface area contributed by atoms with Crippen molar-refractivity contribution in [1.82, 2.24) is 14.7 Å². The summed E-state index contributed by atoms with van der Waals surface area (Å²) in [7, 11) is 0. The van der Waals surface area contributed by atoms with Crippen LogP contribution in [-0.4, -0.2) is 46.9 Å². The number of halogens is 3. The van der Waals surface area contributed by atoms with Crippen LogP contribution in [0.25, 0.3) is 0 Å². The van der Waals surface area contributed by atoms with Crippen molar-refractivity contribution in [1.29, 1.82) is 0 Å². The van der Waals surface area contributed by atoms with E-state index in [0.29, 0.717) is 11.4 Å². The summed E-state index contributed by atoms with van der Waals surface area (Å²) in [6, 6.07) is 8.55. The normalized spacial score (nSPS) is 15.6. The molecule has 28 heavy (non-hydrogen) atoms. The quantitative estimate of drug-likeness (QED) is 0.815. The third-order valence-corrected chi connectivity index (χ3v) is 4.54. The van der Waals surface area contributed by atoms with Gasteiger partial charge in [-0.05, 0) is 30.7 Å². The molecule has 0 bridgehead atoms. The van der Waals surface area contributed by atoms with Crippen molar-refractivity contribution >= 4 is 11.6 Å². The molecule has 0 radical (unpaired) electrons. The van der Waals surface area contributed by atoms with Crippen LogP contribution in [-0.2, 0) is 28.8 Å². The third kappa shape index (κ3) is 5.56. The second-order valence-corrected chi connectivity index (χ2v) is 6.78. The number of benzene rings is 1. The Labute approximate surface area is 161 Å². The van der Waals surface area contributed by atoms with Gasteiger partial charge in [0.2, 0.25) is 5.91 Å². The number of aromatic nitrogens is 2. The first-order chi connectivity index (χ1) is 13.3. The summed E-state index contributed by atoms with van der Waals surface area (Å²) in [5.41, 5.74) is 1.18. The van der Waals surface area contributed by atoms with Gasteiger partial charge in [-0.3, -0.25) is 14.4 Å². The van der Waals surface area contributed by atoms with Gasteiger partial charge in [0.25, 0.3) is 0 Å². The summed E-state index contributed by atoms with van der Waals surface area (Å²) in [5.74, 6) is -0.271. The van der Waals surface area contributed by atoms with Gasteiger partial charge in [0.1, 0.15) is 0 Å². The standard InChI is InChI=1S/C19H23F3N4O2/c1-14-11-17(19(20,21)22)24-26(14)6-5-18(27)23-16-4-2-3-15(12-16)13-25-7-9-28-10-8-25/h2-4,11-12H,5-10,13H2,1H3,(H,23,27). The van der Waals surface area contributed by atoms with Gasteiger partial charge in [-0.25, -0.2) is 0 Å². The average Bonchev–Trinajstić information content (AvgIpc) is 3.02. The van der Waals surface area contributed by atoms with Crippen LogP contribution in [0.3, 0.4) is 0 Å². The summed E-state index contributed by atoms with van der Waals surface area (Å²) in [4.78, 5) is 14.5. The lowest BCUT2D eigenvalue weighted by Crippen LogP contribution is -2.35. The second-order valence-electron chi connectivity index (χ2n) is 6.78. The Morgan fingerprint density at radius 1 is 1.25 bits per heavy atom. The molecule has 3 rings (SSSR count). The number of alkyl halides is 3. The van der Waals surface area contributed by atoms with E-state index in [4.69, 9.17) is 4.74 Å². The zero-order chi connectivity index (χ0) is 20.1. The number of carbonyl (C=O) groups is 1. The molecule has 1 aromatic heterocycles. The number of aryl methyl sites for hydroxylation is 2. The number of ether oxygens (including phenoxy) is 1. The Kier molecular flexibility index (Phi) is 6.35. The minimum Gasteiger partial charge on any atom is -0.379 e. The van der Waals surface area contributed by atoms with E-state index in [1.54, 1.807) is 6.07 Å². The number of nitrogens with zero attached hydrogens (tertiary/aromatic N) is 3. The predicted molar refractivity (Wildman–Crippen MR) is 97.8 cm³/mol. The third-order valence-electron chi connectivity index (χ3n) is 4.54. The molecule has 9 heteroatoms. The fourth-order valence-corrected chi connectivity index (χ4v) is 3.07. The van der Waals surface area contributed by atoms with E-state index in [1.165, 1.54) is 11.6 Å². The Balaban J connectivity index is 1.53. The van der Waals surface area contributed by atoms with Gasteiger partial charge < -0.3 is 10.1 Å². The molecule has 0 spiro atoms. The fourth-order valence-electron chi connectivity index (χ4n) is 3.07. The monoisotopic (exact) mass is 396 g/mol. The Hall–Kier alpha value is -2.39. The van der Waals surface area contributed by atoms with Crippen molar-refractivity contribution in [3.8, 4) is 0 Å². The smallest absolute Gasteiger partial charge is 0.379 e. The Morgan fingerprint density at radius 3 is 2.68 bits per heavy atom. The number of anilines is 1. The van der Waals surface area contributed by atoms with Crippen LogP contribution in [0.2, 0.25) is 0 Å². The zero-order valence-electron chi connectivity index (χ0n) is 15.6. The van der Waals surface area contributed by atoms with Gasteiger partial charge in [0.15, 0.2) is 5.69 Å². The molecule has 1 N–H and O–H groups in total. The molecule has 0 unspecified atom stereocenters. The summed E-state index contributed by atoms with van der Waals surface area (Å²) in [6.07, 6.45) is -4.45. The van der Waals surface area contributed by atoms with E-state index >= 15 is 0 Å². The van der Waals surface area contributed by atoms with E-state index in [9.17, 15) is 18.0 Å². The molecule has 1 amide bonds. The highest BCUT2D eigenvalue weighted by Gasteiger charge is 2.34. The number of morpholine rings is 1. The van der Waals surface area contributed by atoms with E-state index < -0.39 is 11.9 Å². The molecule has 2 aromatic rings. The highest BCUT2D eigenvalue weighted by molar-refractivity contribution is 5.90. The van der Waals surface area contributed by atoms with E-state index in [1.807, 2.05) is 18.2 Å². The molecular formula is C19H23F3N4O2. The molecule has 1 aliphatic rings. The zero-order valence-corrected chi connectivity index (χ0v) is 15.6. The Bertz CT molecular complexity index is 814. The van der Waals surface area contributed by atoms with E-state index in [0.717, 1.165) is 44.5 Å². The van der Waals surface area contributed by atoms with Gasteiger partial charge in [-0.2, -0.15) is 18.3 Å². The van der Waals surface area contributed by atoms with Crippen LogP contribution in [0.1, 0.15) is 23.4 Å². The molecule has 2 heterocycles. The number of nitrogens with one attached hydrogen (secondary N) is 1. The maximum absolute atomic E-state index is 12.7. The average molecular weight is 396 g/mol. The van der Waals surface area contributed by atoms with Crippen LogP contribution in [0.5, 0.6) is 0 Å². The van der Waals surface area contributed by atoms with Gasteiger partial charge >= 0.3 is 6.18 Å². The summed E-state index contributed by atoms with van der Waals surface area (Å²) >= 11 is 0. The first kappa shape index (κ1) is 20.3. The number of hydrogen-bond acceptors (Lipinski definition) is 4. The summed E-state index contributed by atoms with van der Waals surface area (Å²) in [5, 5.41) is 6.34. The van der Waals surface area contributed by atoms with E-state index in [2.05, 4.69) is 15.3 Å². The van der Waals surface area contributed by atoms with Gasteiger partial charge in [-0.15, -0.1) is 0 Å². The van der Waals surface area contributed by atoms with Crippen molar-refractivity contribution < 1.29 is 22.7 Å². The topological polar surface area (TPSA) is 59.4 Å². The Morgan fingerprint density at radius 2 is 2.00 bits per heavy atom. The van der Waals surface area contributed by atoms with Crippen molar-refractivity contribution in [3.63, 3.8) is 0 Å². The lowest BCUT2D eigenvalue weighted by atomic mass is 10.1. The molecule has 0 aliphatic carbocycles. The molecule has 1 fully saturated rings. The maximum atomic E-state index is 12.7. The number of hydrogen-bond donors (Lipinski definition) is 1. The lowest BCUT2D eigenvalue weighted by Gasteiger charge is -2.26. The summed E-state index contributed by atoms with van der Waals surface area (Å²) < 4.78 is 44.7. The minimum absolute atomic E-state index is 0.0352. The van der Waals surface area contributed by atoms with Crippen LogP contribution in [0.15, 0.2) is 30.3 Å².